The molecule has 8 heteroatoms. The maximum absolute atomic E-state index is 12.4. The first-order chi connectivity index (χ1) is 11.2. The number of amides is 1. The zero-order chi connectivity index (χ0) is 17.9. The molecule has 0 unspecified atom stereocenters. The minimum absolute atomic E-state index is 0.145. The van der Waals surface area contributed by atoms with Gasteiger partial charge in [-0.15, -0.1) is 4.83 Å². The average Bonchev–Trinajstić information content (AvgIpc) is 2.55. The SMILES string of the molecule is Cc1cc(C(=O)O)cc(S(=O)(=O)NNC(=O)c2ccccc2)c1C. The van der Waals surface area contributed by atoms with Crippen LogP contribution >= 0.6 is 0 Å². The summed E-state index contributed by atoms with van der Waals surface area (Å²) in [5, 5.41) is 9.07. The van der Waals surface area contributed by atoms with Crippen LogP contribution < -0.4 is 10.3 Å². The van der Waals surface area contributed by atoms with Crippen molar-refractivity contribution >= 4 is 21.9 Å². The molecule has 0 spiro atoms. The molecular formula is C16H16N2O5S. The Hall–Kier alpha value is -2.71. The highest BCUT2D eigenvalue weighted by atomic mass is 32.2. The van der Waals surface area contributed by atoms with Gasteiger partial charge < -0.3 is 5.11 Å². The lowest BCUT2D eigenvalue weighted by Crippen LogP contribution is -2.41. The third kappa shape index (κ3) is 3.79. The predicted molar refractivity (Wildman–Crippen MR) is 87.1 cm³/mol. The molecule has 0 atom stereocenters. The fourth-order valence-corrected chi connectivity index (χ4v) is 3.24. The van der Waals surface area contributed by atoms with Gasteiger partial charge >= 0.3 is 5.97 Å². The number of carboxylic acid groups (broad SMARTS) is 1. The number of hydrazine groups is 1. The maximum atomic E-state index is 12.4. The van der Waals surface area contributed by atoms with Crippen molar-refractivity contribution in [2.75, 3.05) is 0 Å². The summed E-state index contributed by atoms with van der Waals surface area (Å²) in [6, 6.07) is 10.5. The van der Waals surface area contributed by atoms with Crippen LogP contribution in [0.5, 0.6) is 0 Å². The van der Waals surface area contributed by atoms with Crippen LogP contribution in [0.3, 0.4) is 0 Å². The van der Waals surface area contributed by atoms with Crippen LogP contribution in [0, 0.1) is 13.8 Å². The average molecular weight is 348 g/mol. The fourth-order valence-electron chi connectivity index (χ4n) is 2.06. The summed E-state index contributed by atoms with van der Waals surface area (Å²) in [7, 11) is -4.12. The van der Waals surface area contributed by atoms with Crippen molar-refractivity contribution in [2.24, 2.45) is 0 Å². The van der Waals surface area contributed by atoms with E-state index in [1.54, 1.807) is 32.0 Å². The number of carbonyl (C=O) groups is 2. The molecule has 24 heavy (non-hydrogen) atoms. The molecule has 1 amide bonds. The van der Waals surface area contributed by atoms with Gasteiger partial charge in [-0.05, 0) is 49.2 Å². The van der Waals surface area contributed by atoms with E-state index in [0.29, 0.717) is 11.1 Å². The van der Waals surface area contributed by atoms with Crippen molar-refractivity contribution in [1.29, 1.82) is 0 Å². The Balaban J connectivity index is 2.28. The van der Waals surface area contributed by atoms with Gasteiger partial charge in [0.05, 0.1) is 10.5 Å². The third-order valence-electron chi connectivity index (χ3n) is 3.49. The van der Waals surface area contributed by atoms with Crippen molar-refractivity contribution in [3.8, 4) is 0 Å². The fraction of sp³-hybridized carbons (Fsp3) is 0.125. The lowest BCUT2D eigenvalue weighted by molar-refractivity contribution is 0.0696. The van der Waals surface area contributed by atoms with Crippen molar-refractivity contribution in [3.63, 3.8) is 0 Å². The van der Waals surface area contributed by atoms with E-state index in [1.165, 1.54) is 18.2 Å². The highest BCUT2D eigenvalue weighted by Gasteiger charge is 2.21. The number of hydrogen-bond acceptors (Lipinski definition) is 4. The minimum atomic E-state index is -4.12. The van der Waals surface area contributed by atoms with Crippen LogP contribution in [0.2, 0.25) is 0 Å². The highest BCUT2D eigenvalue weighted by molar-refractivity contribution is 7.89. The Kier molecular flexibility index (Phi) is 5.01. The molecule has 2 aromatic rings. The van der Waals surface area contributed by atoms with Gasteiger partial charge in [-0.25, -0.2) is 13.2 Å². The summed E-state index contributed by atoms with van der Waals surface area (Å²) in [6.45, 7) is 3.18. The number of sulfonamides is 1. The Morgan fingerprint density at radius 3 is 2.21 bits per heavy atom. The van der Waals surface area contributed by atoms with E-state index in [9.17, 15) is 18.0 Å². The summed E-state index contributed by atoms with van der Waals surface area (Å²) in [5.74, 6) is -1.86. The summed E-state index contributed by atoms with van der Waals surface area (Å²) in [6.07, 6.45) is 0. The minimum Gasteiger partial charge on any atom is -0.478 e. The number of hydrogen-bond donors (Lipinski definition) is 3. The molecular weight excluding hydrogens is 332 g/mol. The van der Waals surface area contributed by atoms with Crippen molar-refractivity contribution < 1.29 is 23.1 Å². The lowest BCUT2D eigenvalue weighted by Gasteiger charge is -2.13. The van der Waals surface area contributed by atoms with Crippen LogP contribution in [0.1, 0.15) is 31.8 Å². The first-order valence-corrected chi connectivity index (χ1v) is 8.42. The molecule has 3 N–H and O–H groups in total. The predicted octanol–water partition coefficient (Wildman–Crippen LogP) is 1.62. The molecule has 126 valence electrons. The largest absolute Gasteiger partial charge is 0.478 e. The van der Waals surface area contributed by atoms with Crippen LogP contribution in [-0.4, -0.2) is 25.4 Å². The van der Waals surface area contributed by atoms with Gasteiger partial charge in [0, 0.05) is 5.56 Å². The topological polar surface area (TPSA) is 113 Å². The summed E-state index contributed by atoms with van der Waals surface area (Å²) in [5.41, 5.74) is 3.17. The molecule has 0 aromatic heterocycles. The highest BCUT2D eigenvalue weighted by Crippen LogP contribution is 2.21. The summed E-state index contributed by atoms with van der Waals surface area (Å²) >= 11 is 0. The molecule has 0 aliphatic carbocycles. The molecule has 0 aliphatic heterocycles. The van der Waals surface area contributed by atoms with Crippen LogP contribution in [0.4, 0.5) is 0 Å². The van der Waals surface area contributed by atoms with Gasteiger partial charge in [0.1, 0.15) is 0 Å². The molecule has 0 saturated heterocycles. The number of carbonyl (C=O) groups excluding carboxylic acids is 1. The molecule has 0 heterocycles. The zero-order valence-electron chi connectivity index (χ0n) is 13.0. The van der Waals surface area contributed by atoms with E-state index in [2.05, 4.69) is 5.43 Å². The third-order valence-corrected chi connectivity index (χ3v) is 4.86. The molecule has 0 saturated carbocycles. The van der Waals surface area contributed by atoms with E-state index in [0.717, 1.165) is 6.07 Å². The maximum Gasteiger partial charge on any atom is 0.335 e. The van der Waals surface area contributed by atoms with E-state index < -0.39 is 21.9 Å². The smallest absolute Gasteiger partial charge is 0.335 e. The number of carboxylic acids is 1. The second-order valence-electron chi connectivity index (χ2n) is 5.15. The van der Waals surface area contributed by atoms with Gasteiger partial charge in [0.25, 0.3) is 15.9 Å². The first-order valence-electron chi connectivity index (χ1n) is 6.94. The molecule has 0 bridgehead atoms. The molecule has 2 rings (SSSR count). The van der Waals surface area contributed by atoms with Gasteiger partial charge in [-0.3, -0.25) is 10.2 Å². The molecule has 0 fully saturated rings. The standard InChI is InChI=1S/C16H16N2O5S/c1-10-8-13(16(20)21)9-14(11(10)2)24(22,23)18-17-15(19)12-6-4-3-5-7-12/h3-9,18H,1-2H3,(H,17,19)(H,20,21). The molecule has 7 nitrogen and oxygen atoms in total. The Bertz CT molecular complexity index is 892. The van der Waals surface area contributed by atoms with Crippen LogP contribution in [0.15, 0.2) is 47.4 Å². The van der Waals surface area contributed by atoms with Gasteiger partial charge in [-0.2, -0.15) is 0 Å². The second kappa shape index (κ2) is 6.81. The van der Waals surface area contributed by atoms with E-state index in [4.69, 9.17) is 5.11 Å². The monoisotopic (exact) mass is 348 g/mol. The number of aryl methyl sites for hydroxylation is 1. The molecule has 0 radical (unpaired) electrons. The van der Waals surface area contributed by atoms with E-state index >= 15 is 0 Å². The van der Waals surface area contributed by atoms with Crippen molar-refractivity contribution in [3.05, 3.63) is 64.7 Å². The normalized spacial score (nSPS) is 11.1. The Labute approximate surface area is 139 Å². The Morgan fingerprint density at radius 2 is 1.62 bits per heavy atom. The van der Waals surface area contributed by atoms with Crippen molar-refractivity contribution in [2.45, 2.75) is 18.7 Å². The quantitative estimate of drug-likeness (QED) is 0.711. The summed E-state index contributed by atoms with van der Waals surface area (Å²) < 4.78 is 24.8. The molecule has 2 aromatic carbocycles. The van der Waals surface area contributed by atoms with Gasteiger partial charge in [-0.1, -0.05) is 18.2 Å². The van der Waals surface area contributed by atoms with Crippen LogP contribution in [0.25, 0.3) is 0 Å². The number of aromatic carboxylic acids is 1. The van der Waals surface area contributed by atoms with E-state index in [1.807, 2.05) is 4.83 Å². The Morgan fingerprint density at radius 1 is 1.00 bits per heavy atom. The van der Waals surface area contributed by atoms with Crippen molar-refractivity contribution in [1.82, 2.24) is 10.3 Å². The number of benzene rings is 2. The molecule has 0 aliphatic rings. The van der Waals surface area contributed by atoms with Gasteiger partial charge in [0.15, 0.2) is 0 Å². The lowest BCUT2D eigenvalue weighted by atomic mass is 10.1. The number of nitrogens with one attached hydrogen (secondary N) is 2. The first kappa shape index (κ1) is 17.6. The number of rotatable bonds is 5. The summed E-state index contributed by atoms with van der Waals surface area (Å²) in [4.78, 5) is 24.8. The zero-order valence-corrected chi connectivity index (χ0v) is 13.8. The van der Waals surface area contributed by atoms with Gasteiger partial charge in [0.2, 0.25) is 0 Å². The van der Waals surface area contributed by atoms with Crippen LogP contribution in [-0.2, 0) is 10.0 Å². The van der Waals surface area contributed by atoms with E-state index in [-0.39, 0.29) is 16.0 Å². The second-order valence-corrected chi connectivity index (χ2v) is 6.80.